The molecule has 2 aromatic rings. The van der Waals surface area contributed by atoms with Gasteiger partial charge in [0.15, 0.2) is 0 Å². The van der Waals surface area contributed by atoms with Crippen molar-refractivity contribution in [3.05, 3.63) is 69.7 Å². The average Bonchev–Trinajstić information content (AvgIpc) is 3.03. The fraction of sp³-hybridized carbons (Fsp3) is 0.300. The summed E-state index contributed by atoms with van der Waals surface area (Å²) in [6.45, 7) is 1.84. The molecule has 0 saturated carbocycles. The first kappa shape index (κ1) is 17.5. The number of carbonyl (C=O) groups excluding carboxylic acids is 2. The highest BCUT2D eigenvalue weighted by Gasteiger charge is 2.27. The molecule has 3 rings (SSSR count). The largest absolute Gasteiger partial charge is 0.465 e. The molecule has 0 saturated heterocycles. The summed E-state index contributed by atoms with van der Waals surface area (Å²) >= 11 is 6.20. The first-order valence-electron chi connectivity index (χ1n) is 8.27. The average molecular weight is 358 g/mol. The van der Waals surface area contributed by atoms with Crippen LogP contribution >= 0.6 is 11.6 Å². The van der Waals surface area contributed by atoms with Gasteiger partial charge in [0, 0.05) is 5.02 Å². The van der Waals surface area contributed by atoms with Crippen molar-refractivity contribution in [3.8, 4) is 0 Å². The van der Waals surface area contributed by atoms with Gasteiger partial charge < -0.3 is 10.1 Å². The number of halogens is 1. The van der Waals surface area contributed by atoms with Crippen molar-refractivity contribution in [1.82, 2.24) is 5.32 Å². The van der Waals surface area contributed by atoms with E-state index in [1.807, 2.05) is 37.3 Å². The molecule has 25 heavy (non-hydrogen) atoms. The molecule has 0 heterocycles. The van der Waals surface area contributed by atoms with Crippen molar-refractivity contribution in [2.24, 2.45) is 0 Å². The molecule has 1 aliphatic carbocycles. The topological polar surface area (TPSA) is 55.4 Å². The Labute approximate surface area is 152 Å². The number of ether oxygens (including phenoxy) is 1. The van der Waals surface area contributed by atoms with Crippen molar-refractivity contribution >= 4 is 23.5 Å². The van der Waals surface area contributed by atoms with Gasteiger partial charge in [0.05, 0.1) is 24.6 Å². The van der Waals surface area contributed by atoms with Gasteiger partial charge in [-0.1, -0.05) is 35.9 Å². The molecule has 1 N–H and O–H groups in total. The fourth-order valence-electron chi connectivity index (χ4n) is 3.26. The summed E-state index contributed by atoms with van der Waals surface area (Å²) in [7, 11) is 1.36. The van der Waals surface area contributed by atoms with Crippen LogP contribution in [0.3, 0.4) is 0 Å². The summed E-state index contributed by atoms with van der Waals surface area (Å²) in [5.41, 5.74) is 3.45. The summed E-state index contributed by atoms with van der Waals surface area (Å²) in [4.78, 5) is 24.4. The molecular weight excluding hydrogens is 338 g/mol. The standard InChI is InChI=1S/C20H20ClNO3/c1-12(15-5-3-4-6-17(15)21)19(23)22-18-10-9-13-7-8-14(11-16(13)18)20(24)25-2/h3-8,11-12,18H,9-10H2,1-2H3,(H,22,23)/t12?,18-/m1/s1. The van der Waals surface area contributed by atoms with Gasteiger partial charge in [-0.25, -0.2) is 4.79 Å². The number of esters is 1. The van der Waals surface area contributed by atoms with Gasteiger partial charge in [0.25, 0.3) is 0 Å². The second kappa shape index (κ2) is 7.28. The number of methoxy groups -OCH3 is 1. The molecule has 0 radical (unpaired) electrons. The summed E-state index contributed by atoms with van der Waals surface area (Å²) in [6.07, 6.45) is 1.70. The van der Waals surface area contributed by atoms with Gasteiger partial charge >= 0.3 is 5.97 Å². The maximum atomic E-state index is 12.7. The minimum atomic E-state index is -0.371. The molecule has 1 aliphatic rings. The highest BCUT2D eigenvalue weighted by atomic mass is 35.5. The molecule has 1 amide bonds. The van der Waals surface area contributed by atoms with Gasteiger partial charge in [0.1, 0.15) is 0 Å². The number of amides is 1. The number of rotatable bonds is 4. The van der Waals surface area contributed by atoms with E-state index in [1.165, 1.54) is 7.11 Å². The second-order valence-electron chi connectivity index (χ2n) is 6.25. The number of aryl methyl sites for hydroxylation is 1. The van der Waals surface area contributed by atoms with E-state index in [-0.39, 0.29) is 23.8 Å². The van der Waals surface area contributed by atoms with Crippen molar-refractivity contribution in [1.29, 1.82) is 0 Å². The number of nitrogens with one attached hydrogen (secondary N) is 1. The van der Waals surface area contributed by atoms with Crippen LogP contribution in [0.5, 0.6) is 0 Å². The zero-order chi connectivity index (χ0) is 18.0. The van der Waals surface area contributed by atoms with Crippen molar-refractivity contribution in [2.75, 3.05) is 7.11 Å². The predicted octanol–water partition coefficient (Wildman–Crippen LogP) is 4.03. The Balaban J connectivity index is 1.78. The number of fused-ring (bicyclic) bond motifs is 1. The van der Waals surface area contributed by atoms with Crippen LogP contribution < -0.4 is 5.32 Å². The highest BCUT2D eigenvalue weighted by Crippen LogP contribution is 2.33. The number of hydrogen-bond acceptors (Lipinski definition) is 3. The number of benzene rings is 2. The molecule has 0 bridgehead atoms. The molecule has 0 aromatic heterocycles. The summed E-state index contributed by atoms with van der Waals surface area (Å²) in [6, 6.07) is 12.8. The van der Waals surface area contributed by atoms with E-state index in [2.05, 4.69) is 5.32 Å². The van der Waals surface area contributed by atoms with Crippen molar-refractivity contribution in [3.63, 3.8) is 0 Å². The maximum Gasteiger partial charge on any atom is 0.337 e. The molecule has 2 aromatic carbocycles. The molecular formula is C20H20ClNO3. The first-order chi connectivity index (χ1) is 12.0. The minimum Gasteiger partial charge on any atom is -0.465 e. The third-order valence-electron chi connectivity index (χ3n) is 4.73. The summed E-state index contributed by atoms with van der Waals surface area (Å²) in [5.74, 6) is -0.792. The third kappa shape index (κ3) is 3.54. The van der Waals surface area contributed by atoms with E-state index in [9.17, 15) is 9.59 Å². The Bertz CT molecular complexity index is 818. The Hall–Kier alpha value is -2.33. The molecule has 0 fully saturated rings. The van der Waals surface area contributed by atoms with Crippen LogP contribution in [0.4, 0.5) is 0 Å². The van der Waals surface area contributed by atoms with Crippen molar-refractivity contribution < 1.29 is 14.3 Å². The number of carbonyl (C=O) groups is 2. The Morgan fingerprint density at radius 3 is 2.72 bits per heavy atom. The van der Waals surface area contributed by atoms with Crippen LogP contribution in [0.1, 0.15) is 52.4 Å². The van der Waals surface area contributed by atoms with Crippen molar-refractivity contribution in [2.45, 2.75) is 31.7 Å². The van der Waals surface area contributed by atoms with E-state index in [4.69, 9.17) is 16.3 Å². The van der Waals surface area contributed by atoms with Crippen LogP contribution in [-0.4, -0.2) is 19.0 Å². The molecule has 0 spiro atoms. The van der Waals surface area contributed by atoms with Crippen LogP contribution in [0.15, 0.2) is 42.5 Å². The van der Waals surface area contributed by atoms with Crippen LogP contribution in [0, 0.1) is 0 Å². The molecule has 4 nitrogen and oxygen atoms in total. The van der Waals surface area contributed by atoms with Crippen LogP contribution in [-0.2, 0) is 16.0 Å². The van der Waals surface area contributed by atoms with Gasteiger partial charge in [-0.2, -0.15) is 0 Å². The SMILES string of the molecule is COC(=O)c1ccc2c(c1)[C@H](NC(=O)C(C)c1ccccc1Cl)CC2. The lowest BCUT2D eigenvalue weighted by Crippen LogP contribution is -2.31. The third-order valence-corrected chi connectivity index (χ3v) is 5.07. The molecule has 1 unspecified atom stereocenters. The first-order valence-corrected chi connectivity index (χ1v) is 8.65. The fourth-order valence-corrected chi connectivity index (χ4v) is 3.56. The predicted molar refractivity (Wildman–Crippen MR) is 96.9 cm³/mol. The number of hydrogen-bond donors (Lipinski definition) is 1. The highest BCUT2D eigenvalue weighted by molar-refractivity contribution is 6.31. The summed E-state index contributed by atoms with van der Waals surface area (Å²) < 4.78 is 4.78. The Morgan fingerprint density at radius 2 is 2.00 bits per heavy atom. The zero-order valence-corrected chi connectivity index (χ0v) is 15.0. The minimum absolute atomic E-state index is 0.0746. The van der Waals surface area contributed by atoms with E-state index in [0.717, 1.165) is 29.5 Å². The zero-order valence-electron chi connectivity index (χ0n) is 14.2. The molecule has 5 heteroatoms. The van der Waals surface area contributed by atoms with Gasteiger partial charge in [0.2, 0.25) is 5.91 Å². The molecule has 0 aliphatic heterocycles. The van der Waals surface area contributed by atoms with Crippen LogP contribution in [0.2, 0.25) is 5.02 Å². The van der Waals surface area contributed by atoms with E-state index in [0.29, 0.717) is 10.6 Å². The maximum absolute atomic E-state index is 12.7. The Kier molecular flexibility index (Phi) is 5.09. The van der Waals surface area contributed by atoms with Gasteiger partial charge in [-0.15, -0.1) is 0 Å². The van der Waals surface area contributed by atoms with E-state index >= 15 is 0 Å². The van der Waals surface area contributed by atoms with Gasteiger partial charge in [-0.05, 0) is 54.7 Å². The smallest absolute Gasteiger partial charge is 0.337 e. The van der Waals surface area contributed by atoms with E-state index < -0.39 is 0 Å². The Morgan fingerprint density at radius 1 is 1.24 bits per heavy atom. The lowest BCUT2D eigenvalue weighted by atomic mass is 9.99. The van der Waals surface area contributed by atoms with Gasteiger partial charge in [-0.3, -0.25) is 4.79 Å². The second-order valence-corrected chi connectivity index (χ2v) is 6.66. The molecule has 2 atom stereocenters. The summed E-state index contributed by atoms with van der Waals surface area (Å²) in [5, 5.41) is 3.68. The normalized spacial score (nSPS) is 16.8. The van der Waals surface area contributed by atoms with Crippen LogP contribution in [0.25, 0.3) is 0 Å². The monoisotopic (exact) mass is 357 g/mol. The lowest BCUT2D eigenvalue weighted by molar-refractivity contribution is -0.123. The lowest BCUT2D eigenvalue weighted by Gasteiger charge is -2.19. The van der Waals surface area contributed by atoms with E-state index in [1.54, 1.807) is 12.1 Å². The quantitative estimate of drug-likeness (QED) is 0.840. The molecule has 130 valence electrons.